The van der Waals surface area contributed by atoms with Gasteiger partial charge in [0.15, 0.2) is 0 Å². The van der Waals surface area contributed by atoms with Gasteiger partial charge in [-0.05, 0) is 31.7 Å². The molecular formula is C16H32N2S. The molecule has 19 heavy (non-hydrogen) atoms. The highest BCUT2D eigenvalue weighted by atomic mass is 32.2. The van der Waals surface area contributed by atoms with Crippen molar-refractivity contribution in [1.29, 1.82) is 0 Å². The molecule has 3 heteroatoms. The van der Waals surface area contributed by atoms with Crippen LogP contribution in [0.5, 0.6) is 0 Å². The second-order valence-electron chi connectivity index (χ2n) is 6.40. The zero-order valence-corrected chi connectivity index (χ0v) is 13.7. The van der Waals surface area contributed by atoms with Gasteiger partial charge in [-0.2, -0.15) is 11.8 Å². The third-order valence-corrected chi connectivity index (χ3v) is 5.77. The van der Waals surface area contributed by atoms with Gasteiger partial charge in [0.2, 0.25) is 0 Å². The van der Waals surface area contributed by atoms with Gasteiger partial charge in [0, 0.05) is 36.7 Å². The molecule has 0 aromatic carbocycles. The van der Waals surface area contributed by atoms with E-state index in [0.29, 0.717) is 0 Å². The summed E-state index contributed by atoms with van der Waals surface area (Å²) in [5.41, 5.74) is 0. The fourth-order valence-corrected chi connectivity index (χ4v) is 4.67. The molecule has 2 fully saturated rings. The first-order valence-electron chi connectivity index (χ1n) is 8.37. The third-order valence-electron chi connectivity index (χ3n) is 4.63. The van der Waals surface area contributed by atoms with Crippen LogP contribution in [0.15, 0.2) is 0 Å². The van der Waals surface area contributed by atoms with E-state index < -0.39 is 0 Å². The summed E-state index contributed by atoms with van der Waals surface area (Å²) >= 11 is 2.15. The van der Waals surface area contributed by atoms with Gasteiger partial charge >= 0.3 is 0 Å². The minimum absolute atomic E-state index is 0.785. The lowest BCUT2D eigenvalue weighted by Crippen LogP contribution is -2.45. The number of hydrogen-bond donors (Lipinski definition) is 1. The third kappa shape index (κ3) is 5.28. The van der Waals surface area contributed by atoms with E-state index in [1.54, 1.807) is 0 Å². The number of thioether (sulfide) groups is 1. The number of nitrogens with zero attached hydrogens (tertiary/aromatic N) is 1. The molecule has 1 saturated heterocycles. The Balaban J connectivity index is 1.85. The second-order valence-corrected chi connectivity index (χ2v) is 7.95. The van der Waals surface area contributed by atoms with Gasteiger partial charge in [-0.1, -0.05) is 33.1 Å². The second kappa shape index (κ2) is 8.53. The molecule has 0 aromatic rings. The normalized spacial score (nSPS) is 34.1. The quantitative estimate of drug-likeness (QED) is 0.779. The molecule has 2 rings (SSSR count). The SMILES string of the molecule is CCCNC1CCCCCC1CN1CCSC(C)C1. The van der Waals surface area contributed by atoms with E-state index >= 15 is 0 Å². The van der Waals surface area contributed by atoms with Crippen molar-refractivity contribution < 1.29 is 0 Å². The van der Waals surface area contributed by atoms with Gasteiger partial charge in [0.05, 0.1) is 0 Å². The topological polar surface area (TPSA) is 15.3 Å². The lowest BCUT2D eigenvalue weighted by atomic mass is 9.93. The molecule has 1 N–H and O–H groups in total. The highest BCUT2D eigenvalue weighted by molar-refractivity contribution is 7.99. The fraction of sp³-hybridized carbons (Fsp3) is 1.00. The maximum atomic E-state index is 3.83. The van der Waals surface area contributed by atoms with Crippen molar-refractivity contribution in [2.45, 2.75) is 63.7 Å². The Morgan fingerprint density at radius 3 is 2.84 bits per heavy atom. The zero-order chi connectivity index (χ0) is 13.5. The summed E-state index contributed by atoms with van der Waals surface area (Å²) in [5, 5.41) is 4.67. The first-order valence-corrected chi connectivity index (χ1v) is 9.41. The van der Waals surface area contributed by atoms with E-state index in [2.05, 4.69) is 35.8 Å². The summed E-state index contributed by atoms with van der Waals surface area (Å²) in [4.78, 5) is 2.73. The molecule has 0 spiro atoms. The molecule has 1 aliphatic carbocycles. The Morgan fingerprint density at radius 2 is 2.05 bits per heavy atom. The Labute approximate surface area is 124 Å². The van der Waals surface area contributed by atoms with E-state index in [9.17, 15) is 0 Å². The highest BCUT2D eigenvalue weighted by Gasteiger charge is 2.26. The Kier molecular flexibility index (Phi) is 7.03. The molecule has 0 radical (unpaired) electrons. The largest absolute Gasteiger partial charge is 0.314 e. The lowest BCUT2D eigenvalue weighted by molar-refractivity contribution is 0.200. The minimum Gasteiger partial charge on any atom is -0.314 e. The van der Waals surface area contributed by atoms with Crippen molar-refractivity contribution in [1.82, 2.24) is 10.2 Å². The van der Waals surface area contributed by atoms with E-state index in [0.717, 1.165) is 17.2 Å². The Hall–Kier alpha value is 0.270. The van der Waals surface area contributed by atoms with Crippen LogP contribution in [-0.2, 0) is 0 Å². The number of rotatable bonds is 5. The van der Waals surface area contributed by atoms with Gasteiger partial charge in [0.1, 0.15) is 0 Å². The molecular weight excluding hydrogens is 252 g/mol. The van der Waals surface area contributed by atoms with E-state index in [4.69, 9.17) is 0 Å². The smallest absolute Gasteiger partial charge is 0.0147 e. The van der Waals surface area contributed by atoms with Crippen LogP contribution in [0.3, 0.4) is 0 Å². The number of nitrogens with one attached hydrogen (secondary N) is 1. The molecule has 2 nitrogen and oxygen atoms in total. The first kappa shape index (κ1) is 15.7. The summed E-state index contributed by atoms with van der Waals surface area (Å²) in [6, 6.07) is 0.785. The summed E-state index contributed by atoms with van der Waals surface area (Å²) in [7, 11) is 0. The summed E-state index contributed by atoms with van der Waals surface area (Å²) < 4.78 is 0. The molecule has 1 saturated carbocycles. The molecule has 3 unspecified atom stereocenters. The van der Waals surface area contributed by atoms with Crippen molar-refractivity contribution in [3.05, 3.63) is 0 Å². The van der Waals surface area contributed by atoms with Gasteiger partial charge < -0.3 is 10.2 Å². The van der Waals surface area contributed by atoms with Crippen LogP contribution in [0.25, 0.3) is 0 Å². The molecule has 2 aliphatic rings. The van der Waals surface area contributed by atoms with Crippen LogP contribution >= 0.6 is 11.8 Å². The minimum atomic E-state index is 0.785. The van der Waals surface area contributed by atoms with Crippen molar-refractivity contribution in [3.63, 3.8) is 0 Å². The van der Waals surface area contributed by atoms with Crippen LogP contribution in [-0.4, -0.2) is 48.1 Å². The van der Waals surface area contributed by atoms with Crippen LogP contribution in [0.4, 0.5) is 0 Å². The van der Waals surface area contributed by atoms with Gasteiger partial charge in [-0.15, -0.1) is 0 Å². The van der Waals surface area contributed by atoms with E-state index in [1.807, 2.05) is 0 Å². The Bertz CT molecular complexity index is 247. The highest BCUT2D eigenvalue weighted by Crippen LogP contribution is 2.26. The first-order chi connectivity index (χ1) is 9.29. The van der Waals surface area contributed by atoms with Crippen LogP contribution < -0.4 is 5.32 Å². The average molecular weight is 285 g/mol. The molecule has 0 amide bonds. The molecule has 0 aromatic heterocycles. The van der Waals surface area contributed by atoms with Crippen molar-refractivity contribution in [3.8, 4) is 0 Å². The van der Waals surface area contributed by atoms with Crippen LogP contribution in [0.2, 0.25) is 0 Å². The maximum Gasteiger partial charge on any atom is 0.0147 e. The maximum absolute atomic E-state index is 3.83. The average Bonchev–Trinajstić information content (AvgIpc) is 2.62. The number of hydrogen-bond acceptors (Lipinski definition) is 3. The van der Waals surface area contributed by atoms with Crippen LogP contribution in [0, 0.1) is 5.92 Å². The molecule has 1 aliphatic heterocycles. The fourth-order valence-electron chi connectivity index (χ4n) is 3.59. The molecule has 0 bridgehead atoms. The van der Waals surface area contributed by atoms with Crippen molar-refractivity contribution >= 4 is 11.8 Å². The zero-order valence-electron chi connectivity index (χ0n) is 12.9. The Morgan fingerprint density at radius 1 is 1.21 bits per heavy atom. The standard InChI is InChI=1S/C16H32N2S/c1-3-9-17-16-8-6-4-5-7-15(16)13-18-10-11-19-14(2)12-18/h14-17H,3-13H2,1-2H3. The van der Waals surface area contributed by atoms with Crippen molar-refractivity contribution in [2.24, 2.45) is 5.92 Å². The van der Waals surface area contributed by atoms with Gasteiger partial charge in [0.25, 0.3) is 0 Å². The molecule has 3 atom stereocenters. The summed E-state index contributed by atoms with van der Waals surface area (Å²) in [6.45, 7) is 9.83. The summed E-state index contributed by atoms with van der Waals surface area (Å²) in [6.07, 6.45) is 8.45. The predicted octanol–water partition coefficient (Wildman–Crippen LogP) is 3.37. The van der Waals surface area contributed by atoms with E-state index in [1.165, 1.54) is 70.5 Å². The van der Waals surface area contributed by atoms with Gasteiger partial charge in [-0.3, -0.25) is 0 Å². The predicted molar refractivity (Wildman–Crippen MR) is 87.0 cm³/mol. The van der Waals surface area contributed by atoms with Crippen molar-refractivity contribution in [2.75, 3.05) is 31.9 Å². The molecule has 112 valence electrons. The van der Waals surface area contributed by atoms with Gasteiger partial charge in [-0.25, -0.2) is 0 Å². The summed E-state index contributed by atoms with van der Waals surface area (Å²) in [5.74, 6) is 2.23. The monoisotopic (exact) mass is 284 g/mol. The van der Waals surface area contributed by atoms with E-state index in [-0.39, 0.29) is 0 Å². The van der Waals surface area contributed by atoms with Crippen LogP contribution in [0.1, 0.15) is 52.4 Å². The molecule has 1 heterocycles. The lowest BCUT2D eigenvalue weighted by Gasteiger charge is -2.36.